The van der Waals surface area contributed by atoms with Crippen molar-refractivity contribution in [3.8, 4) is 0 Å². The molecule has 24 heavy (non-hydrogen) atoms. The van der Waals surface area contributed by atoms with E-state index in [1.807, 2.05) is 30.3 Å². The first-order valence-electron chi connectivity index (χ1n) is 7.84. The van der Waals surface area contributed by atoms with Crippen molar-refractivity contribution < 1.29 is 4.42 Å². The van der Waals surface area contributed by atoms with Crippen LogP contribution in [0.2, 0.25) is 10.0 Å². The van der Waals surface area contributed by atoms with Crippen LogP contribution in [0.15, 0.2) is 41.0 Å². The van der Waals surface area contributed by atoms with Crippen LogP contribution in [-0.2, 0) is 13.1 Å². The molecule has 2 aromatic rings. The maximum Gasteiger partial charge on any atom is 0.169 e. The summed E-state index contributed by atoms with van der Waals surface area (Å²) >= 11 is 18.0. The minimum Gasteiger partial charge on any atom is -0.467 e. The Bertz CT molecular complexity index is 665. The zero-order valence-corrected chi connectivity index (χ0v) is 15.5. The van der Waals surface area contributed by atoms with Crippen LogP contribution in [0.5, 0.6) is 0 Å². The highest BCUT2D eigenvalue weighted by Crippen LogP contribution is 2.26. The SMILES string of the molecule is S=C(NCc1ccco1)N1CCN(Cc2c(Cl)cccc2Cl)CC1. The monoisotopic (exact) mass is 383 g/mol. The fraction of sp³-hybridized carbons (Fsp3) is 0.353. The summed E-state index contributed by atoms with van der Waals surface area (Å²) in [7, 11) is 0. The summed E-state index contributed by atoms with van der Waals surface area (Å²) in [5, 5.41) is 5.45. The van der Waals surface area contributed by atoms with Crippen LogP contribution in [0.1, 0.15) is 11.3 Å². The van der Waals surface area contributed by atoms with Gasteiger partial charge in [0.1, 0.15) is 5.76 Å². The Kier molecular flexibility index (Phi) is 6.00. The average Bonchev–Trinajstić information content (AvgIpc) is 3.10. The van der Waals surface area contributed by atoms with E-state index in [0.717, 1.165) is 59.2 Å². The average molecular weight is 384 g/mol. The van der Waals surface area contributed by atoms with Crippen molar-refractivity contribution in [1.82, 2.24) is 15.1 Å². The molecule has 4 nitrogen and oxygen atoms in total. The van der Waals surface area contributed by atoms with E-state index in [4.69, 9.17) is 39.8 Å². The van der Waals surface area contributed by atoms with Crippen molar-refractivity contribution in [1.29, 1.82) is 0 Å². The number of nitrogens with one attached hydrogen (secondary N) is 1. The van der Waals surface area contributed by atoms with E-state index < -0.39 is 0 Å². The third-order valence-electron chi connectivity index (χ3n) is 4.10. The molecule has 1 aromatic carbocycles. The molecule has 0 amide bonds. The van der Waals surface area contributed by atoms with Crippen LogP contribution in [0.4, 0.5) is 0 Å². The Hall–Kier alpha value is -1.27. The second-order valence-electron chi connectivity index (χ2n) is 5.70. The van der Waals surface area contributed by atoms with E-state index in [1.54, 1.807) is 6.26 Å². The van der Waals surface area contributed by atoms with Gasteiger partial charge in [0.25, 0.3) is 0 Å². The van der Waals surface area contributed by atoms with Crippen LogP contribution in [0.3, 0.4) is 0 Å². The largest absolute Gasteiger partial charge is 0.467 e. The molecule has 1 aromatic heterocycles. The molecule has 2 heterocycles. The van der Waals surface area contributed by atoms with E-state index in [9.17, 15) is 0 Å². The topological polar surface area (TPSA) is 31.7 Å². The van der Waals surface area contributed by atoms with Gasteiger partial charge in [0.05, 0.1) is 12.8 Å². The van der Waals surface area contributed by atoms with Crippen molar-refractivity contribution in [2.45, 2.75) is 13.1 Å². The highest BCUT2D eigenvalue weighted by molar-refractivity contribution is 7.80. The predicted molar refractivity (Wildman–Crippen MR) is 101 cm³/mol. The maximum absolute atomic E-state index is 6.26. The highest BCUT2D eigenvalue weighted by atomic mass is 35.5. The van der Waals surface area contributed by atoms with Crippen LogP contribution < -0.4 is 5.32 Å². The molecule has 1 aliphatic heterocycles. The smallest absolute Gasteiger partial charge is 0.169 e. The summed E-state index contributed by atoms with van der Waals surface area (Å²) in [6, 6.07) is 9.44. The van der Waals surface area contributed by atoms with Crippen molar-refractivity contribution in [2.75, 3.05) is 26.2 Å². The highest BCUT2D eigenvalue weighted by Gasteiger charge is 2.20. The summed E-state index contributed by atoms with van der Waals surface area (Å²) in [5.41, 5.74) is 0.993. The molecule has 0 radical (unpaired) electrons. The lowest BCUT2D eigenvalue weighted by Gasteiger charge is -2.36. The van der Waals surface area contributed by atoms with Gasteiger partial charge < -0.3 is 14.6 Å². The quantitative estimate of drug-likeness (QED) is 0.811. The van der Waals surface area contributed by atoms with Gasteiger partial charge in [0, 0.05) is 48.3 Å². The molecule has 0 bridgehead atoms. The lowest BCUT2D eigenvalue weighted by Crippen LogP contribution is -2.51. The Morgan fingerprint density at radius 2 is 1.79 bits per heavy atom. The summed E-state index contributed by atoms with van der Waals surface area (Å²) < 4.78 is 5.30. The summed E-state index contributed by atoms with van der Waals surface area (Å²) in [4.78, 5) is 4.53. The van der Waals surface area contributed by atoms with Gasteiger partial charge in [-0.25, -0.2) is 0 Å². The lowest BCUT2D eigenvalue weighted by molar-refractivity contribution is 0.174. The number of rotatable bonds is 4. The minimum absolute atomic E-state index is 0.612. The van der Waals surface area contributed by atoms with Crippen LogP contribution in [0.25, 0.3) is 0 Å². The maximum atomic E-state index is 6.26. The molecule has 0 aliphatic carbocycles. The van der Waals surface area contributed by atoms with E-state index in [0.29, 0.717) is 6.54 Å². The zero-order valence-electron chi connectivity index (χ0n) is 13.2. The molecule has 0 spiro atoms. The van der Waals surface area contributed by atoms with E-state index in [-0.39, 0.29) is 0 Å². The molecular weight excluding hydrogens is 365 g/mol. The number of halogens is 2. The van der Waals surface area contributed by atoms with Crippen molar-refractivity contribution in [2.24, 2.45) is 0 Å². The number of furan rings is 1. The summed E-state index contributed by atoms with van der Waals surface area (Å²) in [5.74, 6) is 0.879. The molecule has 128 valence electrons. The van der Waals surface area contributed by atoms with Crippen LogP contribution in [-0.4, -0.2) is 41.1 Å². The summed E-state index contributed by atoms with van der Waals surface area (Å²) in [6.07, 6.45) is 1.67. The molecule has 7 heteroatoms. The van der Waals surface area contributed by atoms with Gasteiger partial charge in [-0.1, -0.05) is 29.3 Å². The van der Waals surface area contributed by atoms with Gasteiger partial charge in [-0.05, 0) is 36.5 Å². The number of nitrogens with zero attached hydrogens (tertiary/aromatic N) is 2. The summed E-state index contributed by atoms with van der Waals surface area (Å²) in [6.45, 7) is 4.98. The van der Waals surface area contributed by atoms with Crippen LogP contribution >= 0.6 is 35.4 Å². The van der Waals surface area contributed by atoms with Crippen molar-refractivity contribution in [3.63, 3.8) is 0 Å². The molecule has 1 aliphatic rings. The number of benzene rings is 1. The fourth-order valence-electron chi connectivity index (χ4n) is 2.70. The van der Waals surface area contributed by atoms with Gasteiger partial charge in [-0.15, -0.1) is 0 Å². The van der Waals surface area contributed by atoms with Crippen molar-refractivity contribution >= 4 is 40.5 Å². The second-order valence-corrected chi connectivity index (χ2v) is 6.90. The number of hydrogen-bond donors (Lipinski definition) is 1. The predicted octanol–water partition coefficient (Wildman–Crippen LogP) is 3.78. The number of thiocarbonyl (C=S) groups is 1. The van der Waals surface area contributed by atoms with Gasteiger partial charge in [-0.3, -0.25) is 4.90 Å². The number of hydrogen-bond acceptors (Lipinski definition) is 3. The van der Waals surface area contributed by atoms with E-state index >= 15 is 0 Å². The van der Waals surface area contributed by atoms with Crippen molar-refractivity contribution in [3.05, 3.63) is 58.0 Å². The fourth-order valence-corrected chi connectivity index (χ4v) is 3.48. The first-order valence-corrected chi connectivity index (χ1v) is 9.00. The van der Waals surface area contributed by atoms with Gasteiger partial charge >= 0.3 is 0 Å². The van der Waals surface area contributed by atoms with Gasteiger partial charge in [0.15, 0.2) is 5.11 Å². The first kappa shape index (κ1) is 17.5. The third kappa shape index (κ3) is 4.42. The third-order valence-corrected chi connectivity index (χ3v) is 5.21. The van der Waals surface area contributed by atoms with Gasteiger partial charge in [-0.2, -0.15) is 0 Å². The molecule has 1 N–H and O–H groups in total. The second kappa shape index (κ2) is 8.21. The minimum atomic E-state index is 0.612. The lowest BCUT2D eigenvalue weighted by atomic mass is 10.2. The Labute approximate surface area is 157 Å². The molecule has 1 saturated heterocycles. The van der Waals surface area contributed by atoms with Crippen LogP contribution in [0, 0.1) is 0 Å². The van der Waals surface area contributed by atoms with E-state index in [1.165, 1.54) is 0 Å². The zero-order chi connectivity index (χ0) is 16.9. The normalized spacial score (nSPS) is 15.5. The molecule has 3 rings (SSSR count). The Morgan fingerprint density at radius 3 is 2.42 bits per heavy atom. The number of piperazine rings is 1. The molecular formula is C17H19Cl2N3OS. The molecule has 0 unspecified atom stereocenters. The van der Waals surface area contributed by atoms with Gasteiger partial charge in [0.2, 0.25) is 0 Å². The Balaban J connectivity index is 1.48. The standard InChI is InChI=1S/C17H19Cl2N3OS/c18-15-4-1-5-16(19)14(15)12-21-6-8-22(9-7-21)17(24)20-11-13-3-2-10-23-13/h1-5,10H,6-9,11-12H2,(H,20,24). The molecule has 0 saturated carbocycles. The molecule has 1 fully saturated rings. The van der Waals surface area contributed by atoms with E-state index in [2.05, 4.69) is 15.1 Å². The molecule has 0 atom stereocenters. The Morgan fingerprint density at radius 1 is 1.08 bits per heavy atom. The first-order chi connectivity index (χ1) is 11.6.